The molecule has 1 aliphatic heterocycles. The first-order chi connectivity index (χ1) is 17.6. The van der Waals surface area contributed by atoms with Crippen molar-refractivity contribution in [1.82, 2.24) is 9.80 Å². The molecule has 3 aromatic rings. The molecule has 7 nitrogen and oxygen atoms in total. The molecule has 2 amide bonds. The second-order valence-electron chi connectivity index (χ2n) is 8.65. The molecule has 3 aromatic carbocycles. The Morgan fingerprint density at radius 3 is 2.24 bits per heavy atom. The van der Waals surface area contributed by atoms with Crippen LogP contribution < -0.4 is 4.72 Å². The van der Waals surface area contributed by atoms with Crippen molar-refractivity contribution in [2.75, 3.05) is 30.9 Å². The van der Waals surface area contributed by atoms with Gasteiger partial charge < -0.3 is 9.80 Å². The highest BCUT2D eigenvalue weighted by molar-refractivity contribution is 9.10. The third-order valence-electron chi connectivity index (χ3n) is 6.02. The minimum atomic E-state index is -4.02. The van der Waals surface area contributed by atoms with E-state index in [0.717, 1.165) is 5.56 Å². The Kier molecular flexibility index (Phi) is 8.20. The minimum absolute atomic E-state index is 0.0176. The third kappa shape index (κ3) is 6.14. The first-order valence-electron chi connectivity index (χ1n) is 11.5. The van der Waals surface area contributed by atoms with Crippen LogP contribution in [0.15, 0.2) is 70.0 Å². The zero-order chi connectivity index (χ0) is 26.7. The Balaban J connectivity index is 1.52. The Bertz CT molecular complexity index is 1470. The lowest BCUT2D eigenvalue weighted by Crippen LogP contribution is -2.37. The van der Waals surface area contributed by atoms with E-state index in [0.29, 0.717) is 29.7 Å². The fraction of sp³-hybridized carbons (Fsp3) is 0.231. The van der Waals surface area contributed by atoms with Gasteiger partial charge in [-0.2, -0.15) is 0 Å². The Morgan fingerprint density at radius 1 is 0.919 bits per heavy atom. The third-order valence-corrected chi connectivity index (χ3v) is 8.40. The van der Waals surface area contributed by atoms with Gasteiger partial charge >= 0.3 is 0 Å². The number of amides is 2. The minimum Gasteiger partial charge on any atom is -0.337 e. The lowest BCUT2D eigenvalue weighted by atomic mass is 10.2. The molecule has 0 saturated carbocycles. The number of carbonyl (C=O) groups excluding carboxylic acids is 2. The first-order valence-corrected chi connectivity index (χ1v) is 14.1. The number of sulfonamides is 1. The first kappa shape index (κ1) is 27.1. The molecule has 1 fully saturated rings. The molecule has 0 radical (unpaired) electrons. The van der Waals surface area contributed by atoms with Crippen LogP contribution in [-0.4, -0.2) is 56.2 Å². The lowest BCUT2D eigenvalue weighted by Gasteiger charge is -2.23. The normalized spacial score (nSPS) is 14.3. The molecule has 1 N–H and O–H groups in total. The highest BCUT2D eigenvalue weighted by Gasteiger charge is 2.27. The van der Waals surface area contributed by atoms with E-state index < -0.39 is 27.7 Å². The largest absolute Gasteiger partial charge is 0.337 e. The predicted molar refractivity (Wildman–Crippen MR) is 144 cm³/mol. The lowest BCUT2D eigenvalue weighted by molar-refractivity contribution is 0.0716. The van der Waals surface area contributed by atoms with E-state index in [1.807, 2.05) is 13.0 Å². The number of rotatable bonds is 5. The molecule has 4 rings (SSSR count). The molecule has 0 aromatic heterocycles. The molecular formula is C26H24BrClFN3O4S. The maximum atomic E-state index is 14.1. The highest BCUT2D eigenvalue weighted by atomic mass is 79.9. The number of hydrogen-bond donors (Lipinski definition) is 1. The van der Waals surface area contributed by atoms with Crippen molar-refractivity contribution in [1.29, 1.82) is 0 Å². The van der Waals surface area contributed by atoms with Crippen molar-refractivity contribution in [2.45, 2.75) is 18.2 Å². The summed E-state index contributed by atoms with van der Waals surface area (Å²) in [5, 5.41) is 0.115. The standard InChI is InChI=1S/C26H24BrClFN3O4S/c1-17-7-9-21(27)24(15-17)30-37(35,36)18-8-10-22(28)20(16-18)26(34)32-12-4-11-31(13-14-32)25(33)19-5-2-3-6-23(19)29/h2-3,5-10,15-16,30H,4,11-14H2,1H3. The quantitative estimate of drug-likeness (QED) is 0.424. The molecule has 0 spiro atoms. The van der Waals surface area contributed by atoms with E-state index in [9.17, 15) is 22.4 Å². The van der Waals surface area contributed by atoms with E-state index in [1.165, 1.54) is 46.2 Å². The highest BCUT2D eigenvalue weighted by Crippen LogP contribution is 2.28. The average molecular weight is 609 g/mol. The zero-order valence-corrected chi connectivity index (χ0v) is 23.0. The zero-order valence-electron chi connectivity index (χ0n) is 19.9. The summed E-state index contributed by atoms with van der Waals surface area (Å²) >= 11 is 9.65. The molecule has 37 heavy (non-hydrogen) atoms. The average Bonchev–Trinajstić information content (AvgIpc) is 3.12. The van der Waals surface area contributed by atoms with Crippen LogP contribution in [0.4, 0.5) is 10.1 Å². The second kappa shape index (κ2) is 11.2. The van der Waals surface area contributed by atoms with Crippen molar-refractivity contribution in [3.05, 3.63) is 92.7 Å². The van der Waals surface area contributed by atoms with Gasteiger partial charge in [0.1, 0.15) is 5.82 Å². The molecule has 0 unspecified atom stereocenters. The van der Waals surface area contributed by atoms with Gasteiger partial charge in [0.25, 0.3) is 21.8 Å². The van der Waals surface area contributed by atoms with Crippen LogP contribution in [0.25, 0.3) is 0 Å². The maximum absolute atomic E-state index is 14.1. The van der Waals surface area contributed by atoms with Crippen molar-refractivity contribution in [3.8, 4) is 0 Å². The van der Waals surface area contributed by atoms with Gasteiger partial charge in [-0.25, -0.2) is 12.8 Å². The number of aryl methyl sites for hydroxylation is 1. The van der Waals surface area contributed by atoms with Gasteiger partial charge in [-0.15, -0.1) is 0 Å². The van der Waals surface area contributed by atoms with Gasteiger partial charge in [0.2, 0.25) is 0 Å². The Hall–Kier alpha value is -2.95. The Labute approximate surface area is 228 Å². The summed E-state index contributed by atoms with van der Waals surface area (Å²) in [6.45, 7) is 2.93. The summed E-state index contributed by atoms with van der Waals surface area (Å²) in [4.78, 5) is 29.1. The van der Waals surface area contributed by atoms with Gasteiger partial charge in [-0.05, 0) is 77.3 Å². The van der Waals surface area contributed by atoms with E-state index in [-0.39, 0.29) is 34.1 Å². The molecule has 0 bridgehead atoms. The Morgan fingerprint density at radius 2 is 1.57 bits per heavy atom. The van der Waals surface area contributed by atoms with E-state index in [1.54, 1.807) is 18.2 Å². The number of nitrogens with one attached hydrogen (secondary N) is 1. The van der Waals surface area contributed by atoms with Crippen molar-refractivity contribution >= 4 is 55.1 Å². The summed E-state index contributed by atoms with van der Waals surface area (Å²) in [6, 6.07) is 15.0. The fourth-order valence-corrected chi connectivity index (χ4v) is 5.83. The van der Waals surface area contributed by atoms with Crippen LogP contribution in [-0.2, 0) is 10.0 Å². The molecular weight excluding hydrogens is 585 g/mol. The smallest absolute Gasteiger partial charge is 0.261 e. The van der Waals surface area contributed by atoms with Crippen molar-refractivity contribution < 1.29 is 22.4 Å². The number of carbonyl (C=O) groups is 2. The van der Waals surface area contributed by atoms with Crippen LogP contribution in [0.2, 0.25) is 5.02 Å². The molecule has 194 valence electrons. The van der Waals surface area contributed by atoms with Crippen molar-refractivity contribution in [2.24, 2.45) is 0 Å². The molecule has 1 saturated heterocycles. The summed E-state index contributed by atoms with van der Waals surface area (Å²) in [7, 11) is -4.02. The van der Waals surface area contributed by atoms with Crippen LogP contribution in [0.5, 0.6) is 0 Å². The fourth-order valence-electron chi connectivity index (χ4n) is 4.06. The van der Waals surface area contributed by atoms with Crippen molar-refractivity contribution in [3.63, 3.8) is 0 Å². The molecule has 0 atom stereocenters. The van der Waals surface area contributed by atoms with Crippen LogP contribution in [0.1, 0.15) is 32.7 Å². The van der Waals surface area contributed by atoms with Gasteiger partial charge in [0, 0.05) is 30.7 Å². The summed E-state index contributed by atoms with van der Waals surface area (Å²) in [5.41, 5.74) is 1.27. The second-order valence-corrected chi connectivity index (χ2v) is 11.6. The number of anilines is 1. The molecule has 1 heterocycles. The topological polar surface area (TPSA) is 86.8 Å². The maximum Gasteiger partial charge on any atom is 0.261 e. The SMILES string of the molecule is Cc1ccc(Br)c(NS(=O)(=O)c2ccc(Cl)c(C(=O)N3CCCN(C(=O)c4ccccc4F)CC3)c2)c1. The van der Waals surface area contributed by atoms with Crippen LogP contribution >= 0.6 is 27.5 Å². The molecule has 0 aliphatic carbocycles. The number of hydrogen-bond acceptors (Lipinski definition) is 4. The van der Waals surface area contributed by atoms with Crippen LogP contribution in [0, 0.1) is 12.7 Å². The van der Waals surface area contributed by atoms with E-state index >= 15 is 0 Å². The number of halogens is 3. The van der Waals surface area contributed by atoms with Crippen LogP contribution in [0.3, 0.4) is 0 Å². The van der Waals surface area contributed by atoms with E-state index in [4.69, 9.17) is 11.6 Å². The number of nitrogens with zero attached hydrogens (tertiary/aromatic N) is 2. The number of benzene rings is 3. The summed E-state index contributed by atoms with van der Waals surface area (Å²) in [5.74, 6) is -1.48. The molecule has 11 heteroatoms. The van der Waals surface area contributed by atoms with E-state index in [2.05, 4.69) is 20.7 Å². The van der Waals surface area contributed by atoms with Gasteiger partial charge in [-0.3, -0.25) is 14.3 Å². The van der Waals surface area contributed by atoms with Gasteiger partial charge in [0.05, 0.1) is 26.7 Å². The van der Waals surface area contributed by atoms with Gasteiger partial charge in [-0.1, -0.05) is 29.8 Å². The summed E-state index contributed by atoms with van der Waals surface area (Å²) in [6.07, 6.45) is 0.477. The monoisotopic (exact) mass is 607 g/mol. The predicted octanol–water partition coefficient (Wildman–Crippen LogP) is 5.34. The van der Waals surface area contributed by atoms with Gasteiger partial charge in [0.15, 0.2) is 0 Å². The summed E-state index contributed by atoms with van der Waals surface area (Å²) < 4.78 is 43.4. The molecule has 1 aliphatic rings.